The van der Waals surface area contributed by atoms with E-state index in [0.717, 1.165) is 19.3 Å². The lowest BCUT2D eigenvalue weighted by Crippen LogP contribution is -1.90. The van der Waals surface area contributed by atoms with Crippen LogP contribution in [0.15, 0.2) is 66.7 Å². The second kappa shape index (κ2) is 7.66. The first-order valence-corrected chi connectivity index (χ1v) is 7.10. The van der Waals surface area contributed by atoms with Gasteiger partial charge in [-0.05, 0) is 42.9 Å². The monoisotopic (exact) mass is 265 g/mol. The number of rotatable bonds is 6. The van der Waals surface area contributed by atoms with E-state index >= 15 is 0 Å². The Balaban J connectivity index is 2.19. The molecule has 103 valence electrons. The van der Waals surface area contributed by atoms with E-state index in [1.54, 1.807) is 6.92 Å². The Bertz CT molecular complexity index is 485. The van der Waals surface area contributed by atoms with Crippen molar-refractivity contribution in [1.82, 2.24) is 0 Å². The predicted octanol–water partition coefficient (Wildman–Crippen LogP) is 5.21. The van der Waals surface area contributed by atoms with Gasteiger partial charge >= 0.3 is 0 Å². The highest BCUT2D eigenvalue weighted by atomic mass is 16.3. The van der Waals surface area contributed by atoms with Crippen molar-refractivity contribution in [3.63, 3.8) is 0 Å². The summed E-state index contributed by atoms with van der Waals surface area (Å²) in [6.45, 7) is 1.76. The van der Waals surface area contributed by atoms with E-state index in [1.165, 1.54) is 16.7 Å². The Morgan fingerprint density at radius 3 is 1.85 bits per heavy atom. The smallest absolute Gasteiger partial charge is 0.0902 e. The van der Waals surface area contributed by atoms with Gasteiger partial charge in [0.25, 0.3) is 0 Å². The van der Waals surface area contributed by atoms with Crippen LogP contribution in [0.1, 0.15) is 37.3 Å². The van der Waals surface area contributed by atoms with Gasteiger partial charge in [0.2, 0.25) is 0 Å². The quantitative estimate of drug-likeness (QED) is 0.710. The van der Waals surface area contributed by atoms with Gasteiger partial charge in [-0.3, -0.25) is 0 Å². The van der Waals surface area contributed by atoms with Crippen molar-refractivity contribution < 1.29 is 5.11 Å². The molecule has 2 aromatic rings. The first-order chi connectivity index (χ1) is 9.77. The van der Waals surface area contributed by atoms with Crippen molar-refractivity contribution in [3.8, 4) is 0 Å². The Kier molecular flexibility index (Phi) is 5.57. The Labute approximate surface area is 121 Å². The number of aliphatic hydroxyl groups excluding tert-OH is 1. The van der Waals surface area contributed by atoms with Crippen LogP contribution in [0.5, 0.6) is 0 Å². The molecule has 0 aliphatic rings. The van der Waals surface area contributed by atoms with Crippen LogP contribution in [-0.4, -0.2) is 5.11 Å². The van der Waals surface area contributed by atoms with Gasteiger partial charge < -0.3 is 5.11 Å². The minimum Gasteiger partial charge on any atom is -0.387 e. The molecule has 0 amide bonds. The van der Waals surface area contributed by atoms with Crippen molar-refractivity contribution in [2.24, 2.45) is 0 Å². The van der Waals surface area contributed by atoms with Crippen molar-refractivity contribution >= 4 is 5.57 Å². The van der Waals surface area contributed by atoms with Gasteiger partial charge in [-0.2, -0.15) is 0 Å². The first-order valence-electron chi connectivity index (χ1n) is 7.10. The fraction of sp³-hybridized carbons (Fsp3) is 0.211. The van der Waals surface area contributed by atoms with Gasteiger partial charge in [0.05, 0.1) is 6.10 Å². The van der Waals surface area contributed by atoms with Gasteiger partial charge in [-0.15, -0.1) is 0 Å². The molecule has 0 aliphatic carbocycles. The Morgan fingerprint density at radius 1 is 0.900 bits per heavy atom. The maximum absolute atomic E-state index is 9.25. The molecule has 0 aliphatic heterocycles. The summed E-state index contributed by atoms with van der Waals surface area (Å²) < 4.78 is 0. The first kappa shape index (κ1) is 14.5. The third-order valence-corrected chi connectivity index (χ3v) is 3.26. The van der Waals surface area contributed by atoms with Gasteiger partial charge in [0.1, 0.15) is 0 Å². The van der Waals surface area contributed by atoms with Gasteiger partial charge in [-0.25, -0.2) is 0 Å². The fourth-order valence-corrected chi connectivity index (χ4v) is 2.24. The number of hydrogen-bond donors (Lipinski definition) is 1. The van der Waals surface area contributed by atoms with Crippen LogP contribution in [0, 0.1) is 6.10 Å². The van der Waals surface area contributed by atoms with Crippen LogP contribution in [-0.2, 0) is 0 Å². The average Bonchev–Trinajstić information content (AvgIpc) is 2.49. The van der Waals surface area contributed by atoms with Crippen LogP contribution in [0.3, 0.4) is 0 Å². The molecule has 0 saturated heterocycles. The molecule has 0 atom stereocenters. The highest BCUT2D eigenvalue weighted by molar-refractivity contribution is 5.79. The van der Waals surface area contributed by atoms with Crippen LogP contribution in [0.4, 0.5) is 0 Å². The summed E-state index contributed by atoms with van der Waals surface area (Å²) in [5.41, 5.74) is 3.74. The molecule has 0 fully saturated rings. The molecule has 1 radical (unpaired) electrons. The second-order valence-electron chi connectivity index (χ2n) is 4.98. The molecule has 1 heteroatoms. The Morgan fingerprint density at radius 2 is 1.40 bits per heavy atom. The lowest BCUT2D eigenvalue weighted by Gasteiger charge is -2.09. The number of unbranched alkanes of at least 4 members (excludes halogenated alkanes) is 1. The summed E-state index contributed by atoms with van der Waals surface area (Å²) in [5, 5.41) is 9.25. The molecule has 0 bridgehead atoms. The normalized spacial score (nSPS) is 10.6. The second-order valence-corrected chi connectivity index (χ2v) is 4.98. The van der Waals surface area contributed by atoms with E-state index in [2.05, 4.69) is 54.6 Å². The van der Waals surface area contributed by atoms with Gasteiger partial charge in [0.15, 0.2) is 0 Å². The minimum atomic E-state index is 0.513. The number of hydrogen-bond acceptors (Lipinski definition) is 1. The molecular formula is C19H21O. The zero-order valence-electron chi connectivity index (χ0n) is 11.9. The lowest BCUT2D eigenvalue weighted by atomic mass is 9.96. The summed E-state index contributed by atoms with van der Waals surface area (Å²) in [6.07, 6.45) is 5.50. The molecule has 0 aromatic heterocycles. The van der Waals surface area contributed by atoms with E-state index in [0.29, 0.717) is 6.10 Å². The van der Waals surface area contributed by atoms with Crippen molar-refractivity contribution in [2.45, 2.75) is 26.2 Å². The van der Waals surface area contributed by atoms with E-state index < -0.39 is 0 Å². The maximum Gasteiger partial charge on any atom is 0.0902 e. The third-order valence-electron chi connectivity index (χ3n) is 3.26. The van der Waals surface area contributed by atoms with Crippen molar-refractivity contribution in [3.05, 3.63) is 84.0 Å². The summed E-state index contributed by atoms with van der Waals surface area (Å²) in [7, 11) is 0. The molecule has 2 aromatic carbocycles. The van der Waals surface area contributed by atoms with E-state index in [1.807, 2.05) is 12.1 Å². The van der Waals surface area contributed by atoms with Crippen molar-refractivity contribution in [1.29, 1.82) is 0 Å². The molecule has 0 saturated carbocycles. The number of allylic oxidation sites excluding steroid dienone is 1. The maximum atomic E-state index is 9.25. The molecule has 0 spiro atoms. The summed E-state index contributed by atoms with van der Waals surface area (Å²) in [6, 6.07) is 20.9. The summed E-state index contributed by atoms with van der Waals surface area (Å²) in [5.74, 6) is 0. The molecule has 0 unspecified atom stereocenters. The zero-order chi connectivity index (χ0) is 14.2. The summed E-state index contributed by atoms with van der Waals surface area (Å²) >= 11 is 0. The lowest BCUT2D eigenvalue weighted by molar-refractivity contribution is 0.293. The molecule has 1 nitrogen and oxygen atoms in total. The average molecular weight is 265 g/mol. The predicted molar refractivity (Wildman–Crippen MR) is 84.7 cm³/mol. The van der Waals surface area contributed by atoms with Gasteiger partial charge in [0, 0.05) is 0 Å². The standard InChI is InChI=1S/C19H21O/c1-16(20)10-8-9-15-19(17-11-4-2-5-12-17)18-13-6-3-7-14-18/h2-7,11-15,20H,8-10H2,1H3. The van der Waals surface area contributed by atoms with Crippen LogP contribution < -0.4 is 0 Å². The highest BCUT2D eigenvalue weighted by Gasteiger charge is 2.04. The number of aliphatic hydroxyl groups is 1. The minimum absolute atomic E-state index is 0.513. The zero-order valence-corrected chi connectivity index (χ0v) is 11.9. The van der Waals surface area contributed by atoms with E-state index in [4.69, 9.17) is 0 Å². The molecule has 2 rings (SSSR count). The van der Waals surface area contributed by atoms with Crippen LogP contribution in [0.25, 0.3) is 5.57 Å². The summed E-state index contributed by atoms with van der Waals surface area (Å²) in [4.78, 5) is 0. The van der Waals surface area contributed by atoms with Crippen molar-refractivity contribution in [2.75, 3.05) is 0 Å². The molecule has 0 heterocycles. The number of benzene rings is 2. The molecule has 20 heavy (non-hydrogen) atoms. The Hall–Kier alpha value is -1.86. The topological polar surface area (TPSA) is 20.2 Å². The fourth-order valence-electron chi connectivity index (χ4n) is 2.24. The largest absolute Gasteiger partial charge is 0.387 e. The van der Waals surface area contributed by atoms with E-state index in [9.17, 15) is 5.11 Å². The van der Waals surface area contributed by atoms with Crippen LogP contribution >= 0.6 is 0 Å². The van der Waals surface area contributed by atoms with Crippen LogP contribution in [0.2, 0.25) is 0 Å². The van der Waals surface area contributed by atoms with Gasteiger partial charge in [-0.1, -0.05) is 66.7 Å². The SMILES string of the molecule is C[C](O)CCCC=C(c1ccccc1)c1ccccc1. The molecule has 1 N–H and O–H groups in total. The highest BCUT2D eigenvalue weighted by Crippen LogP contribution is 2.24. The third kappa shape index (κ3) is 4.36. The van der Waals surface area contributed by atoms with E-state index in [-0.39, 0.29) is 0 Å². The molecular weight excluding hydrogens is 244 g/mol.